The lowest BCUT2D eigenvalue weighted by Gasteiger charge is -2.33. The fourth-order valence-electron chi connectivity index (χ4n) is 3.20. The third-order valence-corrected chi connectivity index (χ3v) is 5.18. The molecule has 0 radical (unpaired) electrons. The summed E-state index contributed by atoms with van der Waals surface area (Å²) in [6.45, 7) is 0. The summed E-state index contributed by atoms with van der Waals surface area (Å²) in [5, 5.41) is 16.2. The Balaban J connectivity index is 1.49. The molecule has 0 heterocycles. The van der Waals surface area contributed by atoms with Crippen molar-refractivity contribution < 1.29 is 19.1 Å². The molecule has 1 aromatic carbocycles. The van der Waals surface area contributed by atoms with Gasteiger partial charge in [-0.05, 0) is 49.8 Å². The molecule has 0 aliphatic heterocycles. The zero-order chi connectivity index (χ0) is 18.0. The van der Waals surface area contributed by atoms with E-state index < -0.39 is 11.9 Å². The van der Waals surface area contributed by atoms with Crippen LogP contribution in [-0.2, 0) is 16.0 Å². The fraction of sp³-hybridized carbons (Fsp3) is 0.556. The van der Waals surface area contributed by atoms with Gasteiger partial charge < -0.3 is 15.7 Å². The molecular weight excluding hydrogens is 347 g/mol. The number of hydrogen-bond donors (Lipinski definition) is 3. The predicted octanol–water partition coefficient (Wildman–Crippen LogP) is 1.95. The van der Waals surface area contributed by atoms with Crippen LogP contribution in [0.3, 0.4) is 0 Å². The zero-order valence-electron chi connectivity index (χ0n) is 13.8. The number of rotatable bonds is 5. The summed E-state index contributed by atoms with van der Waals surface area (Å²) in [5.74, 6) is -0.925. The van der Waals surface area contributed by atoms with Crippen molar-refractivity contribution in [3.63, 3.8) is 0 Å². The van der Waals surface area contributed by atoms with Crippen molar-refractivity contribution in [2.75, 3.05) is 0 Å². The van der Waals surface area contributed by atoms with E-state index in [1.165, 1.54) is 18.2 Å². The van der Waals surface area contributed by atoms with Crippen molar-refractivity contribution in [2.45, 2.75) is 56.7 Å². The van der Waals surface area contributed by atoms with Crippen molar-refractivity contribution >= 4 is 23.4 Å². The quantitative estimate of drug-likeness (QED) is 0.743. The standard InChI is InChI=1S/C18H22ClFN2O3/c19-14-9-12(20)3-1-10(14)8-17(24)22-15-6-2-11(7-16(15)23)18(25)21-13-4-5-13/h1,3,9,11,13,15-16,23H,2,4-8H2,(H,21,25)(H,22,24)/t11-,15-,16-/m0/s1. The lowest BCUT2D eigenvalue weighted by Crippen LogP contribution is -2.49. The number of amides is 2. The molecule has 25 heavy (non-hydrogen) atoms. The van der Waals surface area contributed by atoms with Crippen LogP contribution in [0.4, 0.5) is 4.39 Å². The minimum absolute atomic E-state index is 0.00409. The van der Waals surface area contributed by atoms with E-state index in [1.807, 2.05) is 0 Å². The van der Waals surface area contributed by atoms with Gasteiger partial charge in [-0.2, -0.15) is 0 Å². The van der Waals surface area contributed by atoms with E-state index >= 15 is 0 Å². The lowest BCUT2D eigenvalue weighted by molar-refractivity contribution is -0.128. The molecule has 2 amide bonds. The summed E-state index contributed by atoms with van der Waals surface area (Å²) in [6, 6.07) is 3.84. The highest BCUT2D eigenvalue weighted by atomic mass is 35.5. The lowest BCUT2D eigenvalue weighted by atomic mass is 9.83. The molecule has 3 N–H and O–H groups in total. The van der Waals surface area contributed by atoms with E-state index in [0.717, 1.165) is 12.8 Å². The predicted molar refractivity (Wildman–Crippen MR) is 91.6 cm³/mol. The molecule has 0 saturated heterocycles. The van der Waals surface area contributed by atoms with Crippen molar-refractivity contribution in [1.29, 1.82) is 0 Å². The molecule has 3 rings (SSSR count). The van der Waals surface area contributed by atoms with Gasteiger partial charge in [0.1, 0.15) is 5.82 Å². The third-order valence-electron chi connectivity index (χ3n) is 4.82. The summed E-state index contributed by atoms with van der Waals surface area (Å²) in [7, 11) is 0. The van der Waals surface area contributed by atoms with Crippen LogP contribution in [0.25, 0.3) is 0 Å². The number of carbonyl (C=O) groups excluding carboxylic acids is 2. The number of aliphatic hydroxyl groups is 1. The van der Waals surface area contributed by atoms with Crippen LogP contribution >= 0.6 is 11.6 Å². The van der Waals surface area contributed by atoms with E-state index in [4.69, 9.17) is 11.6 Å². The van der Waals surface area contributed by atoms with Gasteiger partial charge >= 0.3 is 0 Å². The SMILES string of the molecule is O=C(Cc1ccc(F)cc1Cl)N[C@H]1CC[C@H](C(=O)NC2CC2)C[C@@H]1O. The first-order valence-electron chi connectivity index (χ1n) is 8.64. The third kappa shape index (κ3) is 4.92. The van der Waals surface area contributed by atoms with Crippen molar-refractivity contribution in [3.05, 3.63) is 34.6 Å². The first kappa shape index (κ1) is 18.1. The molecule has 2 saturated carbocycles. The van der Waals surface area contributed by atoms with Crippen molar-refractivity contribution in [3.8, 4) is 0 Å². The van der Waals surface area contributed by atoms with Gasteiger partial charge in [-0.25, -0.2) is 4.39 Å². The summed E-state index contributed by atoms with van der Waals surface area (Å²) in [4.78, 5) is 24.3. The summed E-state index contributed by atoms with van der Waals surface area (Å²) >= 11 is 5.93. The molecule has 2 aliphatic carbocycles. The average Bonchev–Trinajstić information content (AvgIpc) is 3.36. The highest BCUT2D eigenvalue weighted by molar-refractivity contribution is 6.31. The van der Waals surface area contributed by atoms with E-state index in [0.29, 0.717) is 30.9 Å². The molecule has 1 aromatic rings. The summed E-state index contributed by atoms with van der Waals surface area (Å²) < 4.78 is 13.0. The Labute approximate surface area is 150 Å². The number of halogens is 2. The van der Waals surface area contributed by atoms with Crippen LogP contribution in [0, 0.1) is 11.7 Å². The maximum absolute atomic E-state index is 13.0. The van der Waals surface area contributed by atoms with Gasteiger partial charge in [-0.1, -0.05) is 17.7 Å². The smallest absolute Gasteiger partial charge is 0.224 e. The molecule has 0 aromatic heterocycles. The van der Waals surface area contributed by atoms with Crippen LogP contribution in [0.5, 0.6) is 0 Å². The Morgan fingerprint density at radius 3 is 2.60 bits per heavy atom. The number of benzene rings is 1. The van der Waals surface area contributed by atoms with Gasteiger partial charge in [0.05, 0.1) is 18.6 Å². The molecule has 2 aliphatic rings. The number of hydrogen-bond acceptors (Lipinski definition) is 3. The van der Waals surface area contributed by atoms with Gasteiger partial charge in [0.25, 0.3) is 0 Å². The van der Waals surface area contributed by atoms with Gasteiger partial charge in [-0.3, -0.25) is 9.59 Å². The Bertz CT molecular complexity index is 666. The molecule has 0 spiro atoms. The Kier molecular flexibility index (Phi) is 5.59. The zero-order valence-corrected chi connectivity index (χ0v) is 14.6. The Morgan fingerprint density at radius 1 is 1.20 bits per heavy atom. The van der Waals surface area contributed by atoms with Crippen LogP contribution in [-0.4, -0.2) is 35.1 Å². The Hall–Kier alpha value is -1.66. The van der Waals surface area contributed by atoms with E-state index in [1.54, 1.807) is 0 Å². The topological polar surface area (TPSA) is 78.4 Å². The molecule has 7 heteroatoms. The molecule has 136 valence electrons. The fourth-order valence-corrected chi connectivity index (χ4v) is 3.43. The van der Waals surface area contributed by atoms with Crippen LogP contribution in [0.1, 0.15) is 37.7 Å². The van der Waals surface area contributed by atoms with E-state index in [9.17, 15) is 19.1 Å². The molecule has 0 bridgehead atoms. The monoisotopic (exact) mass is 368 g/mol. The molecule has 5 nitrogen and oxygen atoms in total. The van der Waals surface area contributed by atoms with Gasteiger partial charge in [-0.15, -0.1) is 0 Å². The normalized spacial score (nSPS) is 26.1. The highest BCUT2D eigenvalue weighted by Crippen LogP contribution is 2.27. The summed E-state index contributed by atoms with van der Waals surface area (Å²) in [5.41, 5.74) is 0.535. The number of aliphatic hydroxyl groups excluding tert-OH is 1. The number of nitrogens with one attached hydrogen (secondary N) is 2. The molecule has 2 fully saturated rings. The van der Waals surface area contributed by atoms with Crippen LogP contribution in [0.15, 0.2) is 18.2 Å². The average molecular weight is 369 g/mol. The number of carbonyl (C=O) groups is 2. The van der Waals surface area contributed by atoms with E-state index in [-0.39, 0.29) is 35.2 Å². The highest BCUT2D eigenvalue weighted by Gasteiger charge is 2.35. The first-order chi connectivity index (χ1) is 11.9. The van der Waals surface area contributed by atoms with Gasteiger partial charge in [0.15, 0.2) is 0 Å². The molecular formula is C18H22ClFN2O3. The minimum Gasteiger partial charge on any atom is -0.391 e. The minimum atomic E-state index is -0.753. The molecule has 3 atom stereocenters. The second kappa shape index (κ2) is 7.70. The van der Waals surface area contributed by atoms with Crippen molar-refractivity contribution in [2.24, 2.45) is 5.92 Å². The largest absolute Gasteiger partial charge is 0.391 e. The van der Waals surface area contributed by atoms with Gasteiger partial charge in [0, 0.05) is 17.0 Å². The van der Waals surface area contributed by atoms with E-state index in [2.05, 4.69) is 10.6 Å². The van der Waals surface area contributed by atoms with Crippen LogP contribution < -0.4 is 10.6 Å². The summed E-state index contributed by atoms with van der Waals surface area (Å²) in [6.07, 6.45) is 2.87. The first-order valence-corrected chi connectivity index (χ1v) is 9.02. The maximum Gasteiger partial charge on any atom is 0.224 e. The second-order valence-corrected chi connectivity index (χ2v) is 7.35. The van der Waals surface area contributed by atoms with Gasteiger partial charge in [0.2, 0.25) is 11.8 Å². The van der Waals surface area contributed by atoms with Crippen molar-refractivity contribution in [1.82, 2.24) is 10.6 Å². The Morgan fingerprint density at radius 2 is 1.96 bits per heavy atom. The second-order valence-electron chi connectivity index (χ2n) is 6.95. The molecule has 0 unspecified atom stereocenters. The van der Waals surface area contributed by atoms with Crippen LogP contribution in [0.2, 0.25) is 5.02 Å². The maximum atomic E-state index is 13.0.